The maximum atomic E-state index is 3.78. The quantitative estimate of drug-likeness (QED) is 0.739. The van der Waals surface area contributed by atoms with Crippen LogP contribution in [-0.2, 0) is 6.42 Å². The summed E-state index contributed by atoms with van der Waals surface area (Å²) >= 11 is 0. The molecule has 1 N–H and O–H groups in total. The third kappa shape index (κ3) is 3.85. The van der Waals surface area contributed by atoms with Crippen molar-refractivity contribution in [1.29, 1.82) is 0 Å². The van der Waals surface area contributed by atoms with E-state index in [0.717, 1.165) is 18.4 Å². The van der Waals surface area contributed by atoms with Crippen LogP contribution < -0.4 is 5.32 Å². The second-order valence-electron chi connectivity index (χ2n) is 7.57. The first-order valence-electron chi connectivity index (χ1n) is 8.26. The molecule has 2 rings (SSSR count). The van der Waals surface area contributed by atoms with Crippen LogP contribution in [0.3, 0.4) is 0 Å². The Morgan fingerprint density at radius 3 is 2.55 bits per heavy atom. The van der Waals surface area contributed by atoms with E-state index in [0.29, 0.717) is 11.5 Å². The minimum Gasteiger partial charge on any atom is -0.310 e. The van der Waals surface area contributed by atoms with Crippen molar-refractivity contribution in [3.05, 3.63) is 35.4 Å². The summed E-state index contributed by atoms with van der Waals surface area (Å²) in [4.78, 5) is 0. The second kappa shape index (κ2) is 6.30. The van der Waals surface area contributed by atoms with Crippen LogP contribution in [-0.4, -0.2) is 6.54 Å². The van der Waals surface area contributed by atoms with Gasteiger partial charge >= 0.3 is 0 Å². The zero-order chi connectivity index (χ0) is 14.8. The van der Waals surface area contributed by atoms with E-state index in [1.54, 1.807) is 0 Å². The third-order valence-corrected chi connectivity index (χ3v) is 4.56. The molecule has 0 aromatic heterocycles. The molecular formula is C19H31N. The van der Waals surface area contributed by atoms with E-state index in [-0.39, 0.29) is 0 Å². The molecule has 1 nitrogen and oxygen atoms in total. The fourth-order valence-electron chi connectivity index (χ4n) is 3.25. The fourth-order valence-corrected chi connectivity index (χ4v) is 3.25. The first kappa shape index (κ1) is 15.6. The summed E-state index contributed by atoms with van der Waals surface area (Å²) in [6, 6.07) is 9.80. The highest BCUT2D eigenvalue weighted by molar-refractivity contribution is 5.29. The Kier molecular flexibility index (Phi) is 4.90. The topological polar surface area (TPSA) is 12.0 Å². The lowest BCUT2D eigenvalue weighted by molar-refractivity contribution is 0.415. The van der Waals surface area contributed by atoms with Crippen LogP contribution in [0.2, 0.25) is 0 Å². The van der Waals surface area contributed by atoms with E-state index < -0.39 is 0 Å². The van der Waals surface area contributed by atoms with Gasteiger partial charge in [-0.05, 0) is 54.2 Å². The summed E-state index contributed by atoms with van der Waals surface area (Å²) in [6.45, 7) is 12.8. The van der Waals surface area contributed by atoms with E-state index in [1.165, 1.54) is 30.4 Å². The van der Waals surface area contributed by atoms with Gasteiger partial charge in [-0.2, -0.15) is 0 Å². The van der Waals surface area contributed by atoms with Gasteiger partial charge in [0.05, 0.1) is 0 Å². The smallest absolute Gasteiger partial charge is 0.0354 e. The van der Waals surface area contributed by atoms with E-state index in [9.17, 15) is 0 Å². The molecule has 1 aliphatic rings. The maximum absolute atomic E-state index is 3.78. The van der Waals surface area contributed by atoms with Gasteiger partial charge in [0.15, 0.2) is 0 Å². The zero-order valence-corrected chi connectivity index (χ0v) is 13.9. The minimum absolute atomic E-state index is 0.513. The SMILES string of the molecule is CCCNC(c1cccc(CC(C)C)c1)C1CC1(C)C. The highest BCUT2D eigenvalue weighted by Gasteiger charge is 2.50. The zero-order valence-electron chi connectivity index (χ0n) is 13.9. The molecular weight excluding hydrogens is 242 g/mol. The molecule has 0 spiro atoms. The van der Waals surface area contributed by atoms with E-state index in [2.05, 4.69) is 64.2 Å². The van der Waals surface area contributed by atoms with Gasteiger partial charge in [-0.25, -0.2) is 0 Å². The van der Waals surface area contributed by atoms with Crippen LogP contribution in [0.15, 0.2) is 24.3 Å². The average molecular weight is 273 g/mol. The lowest BCUT2D eigenvalue weighted by atomic mass is 9.93. The van der Waals surface area contributed by atoms with Crippen molar-refractivity contribution in [2.75, 3.05) is 6.54 Å². The van der Waals surface area contributed by atoms with Gasteiger partial charge in [-0.15, -0.1) is 0 Å². The van der Waals surface area contributed by atoms with Crippen molar-refractivity contribution in [3.63, 3.8) is 0 Å². The van der Waals surface area contributed by atoms with Gasteiger partial charge in [0.1, 0.15) is 0 Å². The van der Waals surface area contributed by atoms with Crippen LogP contribution in [0, 0.1) is 17.3 Å². The van der Waals surface area contributed by atoms with Crippen molar-refractivity contribution < 1.29 is 0 Å². The van der Waals surface area contributed by atoms with Gasteiger partial charge in [0.2, 0.25) is 0 Å². The lowest BCUT2D eigenvalue weighted by Crippen LogP contribution is -2.25. The van der Waals surface area contributed by atoms with E-state index in [4.69, 9.17) is 0 Å². The third-order valence-electron chi connectivity index (χ3n) is 4.56. The Bertz CT molecular complexity index is 433. The largest absolute Gasteiger partial charge is 0.310 e. The van der Waals surface area contributed by atoms with Gasteiger partial charge < -0.3 is 5.32 Å². The molecule has 1 aromatic carbocycles. The Morgan fingerprint density at radius 1 is 1.30 bits per heavy atom. The van der Waals surface area contributed by atoms with Gasteiger partial charge in [0, 0.05) is 6.04 Å². The van der Waals surface area contributed by atoms with E-state index >= 15 is 0 Å². The van der Waals surface area contributed by atoms with Crippen LogP contribution in [0.5, 0.6) is 0 Å². The second-order valence-corrected chi connectivity index (χ2v) is 7.57. The summed E-state index contributed by atoms with van der Waals surface area (Å²) in [5, 5.41) is 3.78. The predicted octanol–water partition coefficient (Wildman–Crippen LogP) is 4.97. The van der Waals surface area contributed by atoms with Crippen LogP contribution >= 0.6 is 0 Å². The highest BCUT2D eigenvalue weighted by atomic mass is 14.9. The molecule has 1 aliphatic carbocycles. The fraction of sp³-hybridized carbons (Fsp3) is 0.684. The Hall–Kier alpha value is -0.820. The predicted molar refractivity (Wildman–Crippen MR) is 87.9 cm³/mol. The number of rotatable bonds is 7. The molecule has 1 aromatic rings. The standard InChI is InChI=1S/C19H31N/c1-6-10-20-18(17-13-19(17,4)5)16-9-7-8-15(12-16)11-14(2)3/h7-9,12,14,17-18,20H,6,10-11,13H2,1-5H3. The summed E-state index contributed by atoms with van der Waals surface area (Å²) in [5.41, 5.74) is 3.49. The average Bonchev–Trinajstić information content (AvgIpc) is 2.98. The summed E-state index contributed by atoms with van der Waals surface area (Å²) in [6.07, 6.45) is 3.74. The molecule has 1 fully saturated rings. The van der Waals surface area contributed by atoms with Gasteiger partial charge in [-0.3, -0.25) is 0 Å². The van der Waals surface area contributed by atoms with Crippen LogP contribution in [0.4, 0.5) is 0 Å². The number of hydrogen-bond acceptors (Lipinski definition) is 1. The molecule has 2 atom stereocenters. The Labute approximate surface area is 125 Å². The van der Waals surface area contributed by atoms with Crippen molar-refractivity contribution >= 4 is 0 Å². The van der Waals surface area contributed by atoms with Crippen molar-refractivity contribution in [2.45, 2.75) is 59.9 Å². The normalized spacial score (nSPS) is 22.0. The summed E-state index contributed by atoms with van der Waals surface area (Å²) in [5.74, 6) is 1.52. The molecule has 2 unspecified atom stereocenters. The van der Waals surface area contributed by atoms with Crippen molar-refractivity contribution in [2.24, 2.45) is 17.3 Å². The molecule has 20 heavy (non-hydrogen) atoms. The van der Waals surface area contributed by atoms with Crippen molar-refractivity contribution in [3.8, 4) is 0 Å². The molecule has 0 saturated heterocycles. The number of benzene rings is 1. The molecule has 1 saturated carbocycles. The highest BCUT2D eigenvalue weighted by Crippen LogP contribution is 2.57. The number of nitrogens with one attached hydrogen (secondary N) is 1. The molecule has 0 amide bonds. The summed E-state index contributed by atoms with van der Waals surface area (Å²) in [7, 11) is 0. The lowest BCUT2D eigenvalue weighted by Gasteiger charge is -2.22. The monoisotopic (exact) mass is 273 g/mol. The first-order chi connectivity index (χ1) is 9.44. The molecule has 0 heterocycles. The minimum atomic E-state index is 0.513. The maximum Gasteiger partial charge on any atom is 0.0354 e. The molecule has 1 heteroatoms. The Morgan fingerprint density at radius 2 is 2.00 bits per heavy atom. The molecule has 0 radical (unpaired) electrons. The number of hydrogen-bond donors (Lipinski definition) is 1. The first-order valence-corrected chi connectivity index (χ1v) is 8.26. The Balaban J connectivity index is 2.15. The van der Waals surface area contributed by atoms with Crippen LogP contribution in [0.1, 0.15) is 64.6 Å². The van der Waals surface area contributed by atoms with Gasteiger partial charge in [0.25, 0.3) is 0 Å². The van der Waals surface area contributed by atoms with Gasteiger partial charge in [-0.1, -0.05) is 58.9 Å². The molecule has 112 valence electrons. The van der Waals surface area contributed by atoms with Crippen LogP contribution in [0.25, 0.3) is 0 Å². The van der Waals surface area contributed by atoms with Crippen molar-refractivity contribution in [1.82, 2.24) is 5.32 Å². The summed E-state index contributed by atoms with van der Waals surface area (Å²) < 4.78 is 0. The van der Waals surface area contributed by atoms with E-state index in [1.807, 2.05) is 0 Å². The molecule has 0 bridgehead atoms. The molecule has 0 aliphatic heterocycles.